The highest BCUT2D eigenvalue weighted by atomic mass is 19.4. The monoisotopic (exact) mass is 523 g/mol. The highest BCUT2D eigenvalue weighted by Crippen LogP contribution is 2.29. The van der Waals surface area contributed by atoms with E-state index in [1.807, 2.05) is 0 Å². The van der Waals surface area contributed by atoms with E-state index in [0.717, 1.165) is 74.9 Å². The predicted molar refractivity (Wildman–Crippen MR) is 136 cm³/mol. The molecule has 0 radical (unpaired) electrons. The van der Waals surface area contributed by atoms with Crippen molar-refractivity contribution < 1.29 is 18.3 Å². The van der Waals surface area contributed by atoms with Crippen molar-refractivity contribution in [3.63, 3.8) is 0 Å². The van der Waals surface area contributed by atoms with Crippen LogP contribution in [0.25, 0.3) is 11.2 Å². The molecular weight excluding hydrogens is 487 g/mol. The molecule has 0 fully saturated rings. The van der Waals surface area contributed by atoms with E-state index >= 15 is 0 Å². The number of aliphatic hydroxyl groups is 1. The Balaban J connectivity index is 1.23. The van der Waals surface area contributed by atoms with Gasteiger partial charge in [0.25, 0.3) is 5.56 Å². The minimum Gasteiger partial charge on any atom is -0.392 e. The quantitative estimate of drug-likeness (QED) is 0.279. The first kappa shape index (κ1) is 28.6. The van der Waals surface area contributed by atoms with E-state index in [1.54, 1.807) is 18.7 Å². The molecule has 3 rings (SSSR count). The fourth-order valence-corrected chi connectivity index (χ4v) is 4.42. The van der Waals surface area contributed by atoms with Crippen LogP contribution >= 0.6 is 0 Å². The number of fused-ring (bicyclic) bond motifs is 1. The first-order valence-corrected chi connectivity index (χ1v) is 12.8. The minimum absolute atomic E-state index is 0.406. The topological polar surface area (TPSA) is 105 Å². The van der Waals surface area contributed by atoms with Crippen molar-refractivity contribution >= 4 is 11.2 Å². The molecule has 2 aromatic heterocycles. The van der Waals surface area contributed by atoms with Crippen LogP contribution in [-0.2, 0) is 33.2 Å². The molecular formula is C26H36F3N5O3. The number of alkyl halides is 3. The smallest absolute Gasteiger partial charge is 0.392 e. The Morgan fingerprint density at radius 2 is 1.59 bits per heavy atom. The third-order valence-corrected chi connectivity index (χ3v) is 6.66. The molecule has 8 nitrogen and oxygen atoms in total. The molecule has 0 aliphatic rings. The third kappa shape index (κ3) is 8.03. The summed E-state index contributed by atoms with van der Waals surface area (Å²) >= 11 is 0. The minimum atomic E-state index is -4.33. The normalized spacial score (nSPS) is 12.9. The summed E-state index contributed by atoms with van der Waals surface area (Å²) in [5.74, 6) is 0.794. The van der Waals surface area contributed by atoms with Crippen LogP contribution in [0.3, 0.4) is 0 Å². The highest BCUT2D eigenvalue weighted by Gasteiger charge is 2.29. The summed E-state index contributed by atoms with van der Waals surface area (Å²) < 4.78 is 40.9. The lowest BCUT2D eigenvalue weighted by Crippen LogP contribution is -2.29. The second kappa shape index (κ2) is 13.0. The molecule has 1 atom stereocenters. The average Bonchev–Trinajstić information content (AvgIpc) is 3.18. The zero-order chi connectivity index (χ0) is 27.0. The number of hydrogen-bond donors (Lipinski definition) is 3. The largest absolute Gasteiger partial charge is 0.416 e. The van der Waals surface area contributed by atoms with E-state index in [4.69, 9.17) is 0 Å². The average molecular weight is 524 g/mol. The van der Waals surface area contributed by atoms with Crippen molar-refractivity contribution in [3.05, 3.63) is 62.1 Å². The summed E-state index contributed by atoms with van der Waals surface area (Å²) in [6.45, 7) is 0.821. The van der Waals surface area contributed by atoms with Gasteiger partial charge in [0, 0.05) is 33.6 Å². The lowest BCUT2D eigenvalue weighted by Gasteiger charge is -2.12. The number of nitrogens with zero attached hydrogens (tertiary/aromatic N) is 3. The number of nitrogens with one attached hydrogen (secondary N) is 2. The Labute approximate surface area is 213 Å². The van der Waals surface area contributed by atoms with Gasteiger partial charge in [-0.25, -0.2) is 9.78 Å². The Bertz CT molecular complexity index is 1260. The molecule has 0 saturated carbocycles. The first-order valence-electron chi connectivity index (χ1n) is 12.8. The van der Waals surface area contributed by atoms with Crippen molar-refractivity contribution in [2.75, 3.05) is 6.54 Å². The molecule has 0 aliphatic heterocycles. The fraction of sp³-hybridized carbons (Fsp3) is 0.577. The van der Waals surface area contributed by atoms with Crippen molar-refractivity contribution in [1.29, 1.82) is 0 Å². The molecule has 0 amide bonds. The Hall–Kier alpha value is -2.92. The zero-order valence-electron chi connectivity index (χ0n) is 21.4. The van der Waals surface area contributed by atoms with E-state index in [9.17, 15) is 27.9 Å². The fourth-order valence-electron chi connectivity index (χ4n) is 4.42. The van der Waals surface area contributed by atoms with Gasteiger partial charge in [-0.05, 0) is 30.5 Å². The third-order valence-electron chi connectivity index (χ3n) is 6.66. The number of hydrogen-bond acceptors (Lipinski definition) is 5. The number of imidazole rings is 1. The van der Waals surface area contributed by atoms with Gasteiger partial charge in [-0.15, -0.1) is 0 Å². The zero-order valence-corrected chi connectivity index (χ0v) is 21.4. The van der Waals surface area contributed by atoms with Crippen LogP contribution in [0.5, 0.6) is 0 Å². The molecule has 0 aliphatic carbocycles. The summed E-state index contributed by atoms with van der Waals surface area (Å²) in [5, 5.41) is 13.2. The van der Waals surface area contributed by atoms with Gasteiger partial charge in [0.2, 0.25) is 0 Å². The summed E-state index contributed by atoms with van der Waals surface area (Å²) in [7, 11) is 3.39. The van der Waals surface area contributed by atoms with E-state index in [0.29, 0.717) is 30.7 Å². The number of aryl methyl sites for hydroxylation is 3. The molecule has 1 aromatic carbocycles. The van der Waals surface area contributed by atoms with Crippen LogP contribution in [0, 0.1) is 0 Å². The molecule has 0 bridgehead atoms. The first-order chi connectivity index (χ1) is 17.6. The number of aromatic nitrogens is 4. The SMILES string of the molecule is Cn1c(CCCCCCCCCC(O)CNCc2ccc(C(F)(F)F)cc2)nc2c1c(=O)[nH]c(=O)n2C. The van der Waals surface area contributed by atoms with Crippen LogP contribution in [0.15, 0.2) is 33.9 Å². The molecule has 0 spiro atoms. The van der Waals surface area contributed by atoms with Gasteiger partial charge in [0.1, 0.15) is 5.82 Å². The number of halogens is 3. The maximum atomic E-state index is 12.6. The van der Waals surface area contributed by atoms with Gasteiger partial charge >= 0.3 is 11.9 Å². The Morgan fingerprint density at radius 3 is 2.24 bits per heavy atom. The Kier molecular flexibility index (Phi) is 10.1. The maximum absolute atomic E-state index is 12.6. The van der Waals surface area contributed by atoms with Crippen molar-refractivity contribution in [1.82, 2.24) is 24.4 Å². The standard InChI is InChI=1S/C26H36F3N5O3/c1-33-21(31-23-22(33)24(36)32-25(37)34(23)2)11-9-7-5-3-4-6-8-10-20(35)17-30-16-18-12-14-19(15-13-18)26(27,28)29/h12-15,20,30,35H,3-11,16-17H2,1-2H3,(H,32,36,37). The summed E-state index contributed by atoms with van der Waals surface area (Å²) in [6.07, 6.45) is 3.89. The summed E-state index contributed by atoms with van der Waals surface area (Å²) in [4.78, 5) is 30.7. The van der Waals surface area contributed by atoms with E-state index in [2.05, 4.69) is 15.3 Å². The van der Waals surface area contributed by atoms with Crippen LogP contribution < -0.4 is 16.6 Å². The van der Waals surface area contributed by atoms with Crippen LogP contribution in [-0.4, -0.2) is 36.9 Å². The van der Waals surface area contributed by atoms with Gasteiger partial charge in [-0.2, -0.15) is 13.2 Å². The lowest BCUT2D eigenvalue weighted by molar-refractivity contribution is -0.137. The van der Waals surface area contributed by atoms with Gasteiger partial charge in [0.15, 0.2) is 11.2 Å². The van der Waals surface area contributed by atoms with Crippen LogP contribution in [0.1, 0.15) is 68.3 Å². The number of aromatic amines is 1. The number of H-pyrrole nitrogens is 1. The molecule has 37 heavy (non-hydrogen) atoms. The van der Waals surface area contributed by atoms with Gasteiger partial charge in [-0.1, -0.05) is 50.7 Å². The molecule has 3 aromatic rings. The van der Waals surface area contributed by atoms with Gasteiger partial charge < -0.3 is 15.0 Å². The number of benzene rings is 1. The highest BCUT2D eigenvalue weighted by molar-refractivity contribution is 5.70. The van der Waals surface area contributed by atoms with E-state index < -0.39 is 29.1 Å². The second-order valence-electron chi connectivity index (χ2n) is 9.57. The van der Waals surface area contributed by atoms with Gasteiger partial charge in [0.05, 0.1) is 11.7 Å². The summed E-state index contributed by atoms with van der Waals surface area (Å²) in [5.41, 5.74) is 0.0152. The van der Waals surface area contributed by atoms with E-state index in [1.165, 1.54) is 16.7 Å². The van der Waals surface area contributed by atoms with Gasteiger partial charge in [-0.3, -0.25) is 14.3 Å². The molecule has 3 N–H and O–H groups in total. The van der Waals surface area contributed by atoms with Crippen molar-refractivity contribution in [3.8, 4) is 0 Å². The van der Waals surface area contributed by atoms with Crippen molar-refractivity contribution in [2.45, 2.75) is 76.6 Å². The maximum Gasteiger partial charge on any atom is 0.416 e. The number of aliphatic hydroxyl groups excluding tert-OH is 1. The molecule has 11 heteroatoms. The molecule has 2 heterocycles. The van der Waals surface area contributed by atoms with Crippen LogP contribution in [0.4, 0.5) is 13.2 Å². The summed E-state index contributed by atoms with van der Waals surface area (Å²) in [6, 6.07) is 5.04. The predicted octanol–water partition coefficient (Wildman–Crippen LogP) is 3.79. The second-order valence-corrected chi connectivity index (χ2v) is 9.57. The number of unbranched alkanes of at least 4 members (excludes halogenated alkanes) is 6. The Morgan fingerprint density at radius 1 is 0.973 bits per heavy atom. The molecule has 204 valence electrons. The molecule has 1 unspecified atom stereocenters. The van der Waals surface area contributed by atoms with Crippen molar-refractivity contribution in [2.24, 2.45) is 14.1 Å². The van der Waals surface area contributed by atoms with Crippen LogP contribution in [0.2, 0.25) is 0 Å². The lowest BCUT2D eigenvalue weighted by atomic mass is 10.1. The number of rotatable bonds is 14. The van der Waals surface area contributed by atoms with E-state index in [-0.39, 0.29) is 0 Å². The molecule has 0 saturated heterocycles.